The smallest absolute Gasteiger partial charge is 0.122 e. The lowest BCUT2D eigenvalue weighted by atomic mass is 9.75. The first kappa shape index (κ1) is 18.6. The summed E-state index contributed by atoms with van der Waals surface area (Å²) in [6.45, 7) is 10.6. The lowest BCUT2D eigenvalue weighted by Gasteiger charge is -2.30. The van der Waals surface area contributed by atoms with Gasteiger partial charge in [-0.15, -0.1) is 0 Å². The largest absolute Gasteiger partial charge is 0.508 e. The van der Waals surface area contributed by atoms with Gasteiger partial charge in [0.05, 0.1) is 0 Å². The van der Waals surface area contributed by atoms with E-state index in [1.54, 1.807) is 0 Å². The molecule has 0 bridgehead atoms. The van der Waals surface area contributed by atoms with Gasteiger partial charge in [-0.05, 0) is 75.5 Å². The van der Waals surface area contributed by atoms with Crippen LogP contribution in [0.3, 0.4) is 0 Å². The molecule has 132 valence electrons. The number of phenols is 2. The number of hydrogen-bond acceptors (Lipinski definition) is 2. The standard InChI is InChI=1S/C22H32O2/c1-5-6-7-8-17-12-21(23)20(22(24)13-17)14-18-11-16(4)9-10-19(18)15(2)3/h11-13,18-19,23-24H,2,5-10,14H2,1,3-4H3/t18-,19-/m0/s1. The summed E-state index contributed by atoms with van der Waals surface area (Å²) in [5.74, 6) is 1.20. The van der Waals surface area contributed by atoms with Gasteiger partial charge in [-0.3, -0.25) is 0 Å². The predicted octanol–water partition coefficient (Wildman–Crippen LogP) is 5.92. The SMILES string of the molecule is C=C(C)[C@@H]1CCC(C)=C[C@H]1Cc1c(O)cc(CCCCC)cc1O. The second-order valence-corrected chi connectivity index (χ2v) is 7.44. The van der Waals surface area contributed by atoms with Crippen molar-refractivity contribution in [3.63, 3.8) is 0 Å². The maximum Gasteiger partial charge on any atom is 0.122 e. The topological polar surface area (TPSA) is 40.5 Å². The Hall–Kier alpha value is -1.70. The summed E-state index contributed by atoms with van der Waals surface area (Å²) in [4.78, 5) is 0. The third-order valence-corrected chi connectivity index (χ3v) is 5.27. The summed E-state index contributed by atoms with van der Waals surface area (Å²) in [5, 5.41) is 20.9. The molecule has 1 aliphatic rings. The molecule has 2 N–H and O–H groups in total. The number of unbranched alkanes of at least 4 members (excludes halogenated alkanes) is 2. The van der Waals surface area contributed by atoms with E-state index in [4.69, 9.17) is 0 Å². The Balaban J connectivity index is 2.19. The minimum Gasteiger partial charge on any atom is -0.508 e. The Bertz CT molecular complexity index is 589. The van der Waals surface area contributed by atoms with E-state index < -0.39 is 0 Å². The average molecular weight is 328 g/mol. The molecule has 0 heterocycles. The fourth-order valence-electron chi connectivity index (χ4n) is 3.84. The van der Waals surface area contributed by atoms with Gasteiger partial charge in [0.1, 0.15) is 11.5 Å². The number of phenolic OH excluding ortho intramolecular Hbond substituents is 2. The van der Waals surface area contributed by atoms with Crippen LogP contribution in [-0.4, -0.2) is 10.2 Å². The van der Waals surface area contributed by atoms with E-state index in [9.17, 15) is 10.2 Å². The van der Waals surface area contributed by atoms with Crippen LogP contribution in [0.4, 0.5) is 0 Å². The Kier molecular flexibility index (Phi) is 6.53. The highest BCUT2D eigenvalue weighted by Gasteiger charge is 2.26. The van der Waals surface area contributed by atoms with Crippen molar-refractivity contribution in [1.82, 2.24) is 0 Å². The lowest BCUT2D eigenvalue weighted by Crippen LogP contribution is -2.20. The Morgan fingerprint density at radius 3 is 2.46 bits per heavy atom. The molecule has 0 saturated carbocycles. The van der Waals surface area contributed by atoms with Crippen molar-refractivity contribution in [1.29, 1.82) is 0 Å². The predicted molar refractivity (Wildman–Crippen MR) is 101 cm³/mol. The molecule has 0 unspecified atom stereocenters. The Labute approximate surface area is 146 Å². The number of aryl methyl sites for hydroxylation is 1. The van der Waals surface area contributed by atoms with Crippen molar-refractivity contribution in [2.45, 2.75) is 65.7 Å². The van der Waals surface area contributed by atoms with Gasteiger partial charge in [-0.25, -0.2) is 0 Å². The van der Waals surface area contributed by atoms with Crippen LogP contribution in [0.25, 0.3) is 0 Å². The fraction of sp³-hybridized carbons (Fsp3) is 0.545. The van der Waals surface area contributed by atoms with Gasteiger partial charge in [0.15, 0.2) is 0 Å². The normalized spacial score (nSPS) is 20.7. The summed E-state index contributed by atoms with van der Waals surface area (Å²) in [6, 6.07) is 3.67. The maximum atomic E-state index is 10.4. The zero-order valence-electron chi connectivity index (χ0n) is 15.4. The zero-order valence-corrected chi connectivity index (χ0v) is 15.4. The van der Waals surface area contributed by atoms with Gasteiger partial charge >= 0.3 is 0 Å². The molecule has 2 nitrogen and oxygen atoms in total. The van der Waals surface area contributed by atoms with Gasteiger partial charge in [0.2, 0.25) is 0 Å². The van der Waals surface area contributed by atoms with Gasteiger partial charge in [0, 0.05) is 5.56 Å². The van der Waals surface area contributed by atoms with Crippen LogP contribution < -0.4 is 0 Å². The third kappa shape index (κ3) is 4.66. The van der Waals surface area contributed by atoms with Gasteiger partial charge in [-0.1, -0.05) is 43.6 Å². The first-order valence-electron chi connectivity index (χ1n) is 9.28. The van der Waals surface area contributed by atoms with E-state index in [2.05, 4.69) is 33.4 Å². The molecule has 2 rings (SSSR count). The molecule has 24 heavy (non-hydrogen) atoms. The van der Waals surface area contributed by atoms with E-state index in [-0.39, 0.29) is 11.5 Å². The maximum absolute atomic E-state index is 10.4. The van der Waals surface area contributed by atoms with E-state index >= 15 is 0 Å². The monoisotopic (exact) mass is 328 g/mol. The first-order valence-corrected chi connectivity index (χ1v) is 9.28. The fourth-order valence-corrected chi connectivity index (χ4v) is 3.84. The Morgan fingerprint density at radius 2 is 1.88 bits per heavy atom. The van der Waals surface area contributed by atoms with Crippen molar-refractivity contribution in [3.05, 3.63) is 47.1 Å². The Morgan fingerprint density at radius 1 is 1.21 bits per heavy atom. The summed E-state index contributed by atoms with van der Waals surface area (Å²) in [5.41, 5.74) is 4.29. The van der Waals surface area contributed by atoms with Crippen molar-refractivity contribution < 1.29 is 10.2 Å². The highest BCUT2D eigenvalue weighted by atomic mass is 16.3. The van der Waals surface area contributed by atoms with E-state index in [0.717, 1.165) is 31.2 Å². The molecular formula is C22H32O2. The van der Waals surface area contributed by atoms with Crippen LogP contribution in [0.2, 0.25) is 0 Å². The van der Waals surface area contributed by atoms with E-state index in [1.807, 2.05) is 12.1 Å². The molecule has 0 aromatic heterocycles. The van der Waals surface area contributed by atoms with Crippen molar-refractivity contribution in [2.75, 3.05) is 0 Å². The summed E-state index contributed by atoms with van der Waals surface area (Å²) >= 11 is 0. The summed E-state index contributed by atoms with van der Waals surface area (Å²) < 4.78 is 0. The first-order chi connectivity index (χ1) is 11.4. The molecule has 0 fully saturated rings. The molecule has 0 saturated heterocycles. The lowest BCUT2D eigenvalue weighted by molar-refractivity contribution is 0.379. The van der Waals surface area contributed by atoms with E-state index in [0.29, 0.717) is 23.8 Å². The highest BCUT2D eigenvalue weighted by Crippen LogP contribution is 2.39. The number of hydrogen-bond donors (Lipinski definition) is 2. The number of benzene rings is 1. The molecule has 1 aromatic rings. The van der Waals surface area contributed by atoms with Crippen LogP contribution >= 0.6 is 0 Å². The zero-order chi connectivity index (χ0) is 17.7. The molecule has 0 amide bonds. The van der Waals surface area contributed by atoms with Crippen molar-refractivity contribution in [3.8, 4) is 11.5 Å². The second-order valence-electron chi connectivity index (χ2n) is 7.44. The highest BCUT2D eigenvalue weighted by molar-refractivity contribution is 5.47. The number of aromatic hydroxyl groups is 2. The van der Waals surface area contributed by atoms with Crippen LogP contribution in [-0.2, 0) is 12.8 Å². The second kappa shape index (κ2) is 8.41. The molecular weight excluding hydrogens is 296 g/mol. The summed E-state index contributed by atoms with van der Waals surface area (Å²) in [7, 11) is 0. The van der Waals surface area contributed by atoms with Crippen LogP contribution in [0.1, 0.15) is 64.0 Å². The molecule has 0 aliphatic heterocycles. The minimum atomic E-state index is 0.235. The molecule has 0 radical (unpaired) electrons. The van der Waals surface area contributed by atoms with Crippen LogP contribution in [0.5, 0.6) is 11.5 Å². The summed E-state index contributed by atoms with van der Waals surface area (Å²) in [6.07, 6.45) is 9.55. The van der Waals surface area contributed by atoms with Crippen molar-refractivity contribution >= 4 is 0 Å². The van der Waals surface area contributed by atoms with Gasteiger partial charge in [0.25, 0.3) is 0 Å². The van der Waals surface area contributed by atoms with Gasteiger partial charge in [-0.2, -0.15) is 0 Å². The molecule has 0 spiro atoms. The number of allylic oxidation sites excluding steroid dienone is 3. The number of rotatable bonds is 7. The van der Waals surface area contributed by atoms with E-state index in [1.165, 1.54) is 24.0 Å². The minimum absolute atomic E-state index is 0.235. The average Bonchev–Trinajstić information content (AvgIpc) is 2.51. The van der Waals surface area contributed by atoms with Crippen LogP contribution in [0.15, 0.2) is 35.9 Å². The van der Waals surface area contributed by atoms with Gasteiger partial charge < -0.3 is 10.2 Å². The van der Waals surface area contributed by atoms with Crippen LogP contribution in [0, 0.1) is 11.8 Å². The molecule has 1 aromatic carbocycles. The van der Waals surface area contributed by atoms with Crippen molar-refractivity contribution in [2.24, 2.45) is 11.8 Å². The molecule has 2 atom stereocenters. The molecule has 2 heteroatoms. The molecule has 1 aliphatic carbocycles. The third-order valence-electron chi connectivity index (χ3n) is 5.27. The quantitative estimate of drug-likeness (QED) is 0.481.